The van der Waals surface area contributed by atoms with Crippen molar-refractivity contribution in [3.63, 3.8) is 0 Å². The second-order valence-electron chi connectivity index (χ2n) is 4.95. The number of nitrogens with zero attached hydrogens (tertiary/aromatic N) is 1. The van der Waals surface area contributed by atoms with E-state index in [-0.39, 0.29) is 12.3 Å². The topological polar surface area (TPSA) is 81.9 Å². The van der Waals surface area contributed by atoms with Crippen molar-refractivity contribution in [2.24, 2.45) is 0 Å². The summed E-state index contributed by atoms with van der Waals surface area (Å²) in [5.74, 6) is -0.644. The van der Waals surface area contributed by atoms with Crippen molar-refractivity contribution >= 4 is 17.6 Å². The quantitative estimate of drug-likeness (QED) is 0.649. The summed E-state index contributed by atoms with van der Waals surface area (Å²) in [4.78, 5) is 25.7. The summed E-state index contributed by atoms with van der Waals surface area (Å²) in [6.45, 7) is 3.70. The highest BCUT2D eigenvalue weighted by Crippen LogP contribution is 2.12. The van der Waals surface area contributed by atoms with Gasteiger partial charge in [0.1, 0.15) is 0 Å². The first kappa shape index (κ1) is 15.3. The van der Waals surface area contributed by atoms with Crippen LogP contribution in [0.4, 0.5) is 5.69 Å². The molecule has 1 amide bonds. The number of hydrogen-bond acceptors (Lipinski definition) is 5. The number of benzene rings is 1. The molecule has 2 rings (SSSR count). The lowest BCUT2D eigenvalue weighted by molar-refractivity contribution is -0.160. The molecule has 21 heavy (non-hydrogen) atoms. The van der Waals surface area contributed by atoms with Crippen LogP contribution in [0.3, 0.4) is 0 Å². The number of nitrogen functional groups attached to an aromatic ring is 1. The standard InChI is InChI=1S/C15H20N2O4/c1-11(15(19)17-6-8-20-9-7-17)21-14(18)10-12-4-2-3-5-13(12)16/h2-5,11H,6-10,16H2,1H3. The number of nitrogens with two attached hydrogens (primary N) is 1. The van der Waals surface area contributed by atoms with E-state index in [2.05, 4.69) is 0 Å². The van der Waals surface area contributed by atoms with Crippen LogP contribution in [0, 0.1) is 0 Å². The maximum Gasteiger partial charge on any atom is 0.311 e. The minimum atomic E-state index is -0.791. The van der Waals surface area contributed by atoms with Crippen LogP contribution in [0.15, 0.2) is 24.3 Å². The van der Waals surface area contributed by atoms with Gasteiger partial charge in [0, 0.05) is 18.8 Å². The number of rotatable bonds is 4. The summed E-state index contributed by atoms with van der Waals surface area (Å²) in [6, 6.07) is 7.10. The molecule has 2 N–H and O–H groups in total. The zero-order valence-electron chi connectivity index (χ0n) is 12.1. The fraction of sp³-hybridized carbons (Fsp3) is 0.467. The molecule has 0 aromatic heterocycles. The molecule has 114 valence electrons. The lowest BCUT2D eigenvalue weighted by Crippen LogP contribution is -2.46. The zero-order chi connectivity index (χ0) is 15.2. The van der Waals surface area contributed by atoms with E-state index in [1.54, 1.807) is 36.1 Å². The molecule has 1 saturated heterocycles. The van der Waals surface area contributed by atoms with Crippen LogP contribution >= 0.6 is 0 Å². The van der Waals surface area contributed by atoms with E-state index in [1.807, 2.05) is 0 Å². The Labute approximate surface area is 123 Å². The monoisotopic (exact) mass is 292 g/mol. The summed E-state index contributed by atoms with van der Waals surface area (Å²) in [5, 5.41) is 0. The third-order valence-corrected chi connectivity index (χ3v) is 3.37. The fourth-order valence-electron chi connectivity index (χ4n) is 2.18. The molecule has 1 aliphatic rings. The van der Waals surface area contributed by atoms with E-state index in [9.17, 15) is 9.59 Å². The molecule has 1 aliphatic heterocycles. The van der Waals surface area contributed by atoms with Crippen LogP contribution in [-0.4, -0.2) is 49.2 Å². The summed E-state index contributed by atoms with van der Waals surface area (Å²) in [5.41, 5.74) is 7.03. The van der Waals surface area contributed by atoms with E-state index >= 15 is 0 Å². The van der Waals surface area contributed by atoms with Gasteiger partial charge in [-0.25, -0.2) is 0 Å². The third kappa shape index (κ3) is 4.19. The van der Waals surface area contributed by atoms with Crippen molar-refractivity contribution in [1.82, 2.24) is 4.90 Å². The molecular formula is C15H20N2O4. The van der Waals surface area contributed by atoms with Crippen LogP contribution < -0.4 is 5.73 Å². The van der Waals surface area contributed by atoms with E-state index < -0.39 is 12.1 Å². The summed E-state index contributed by atoms with van der Waals surface area (Å²) in [6.07, 6.45) is -0.728. The molecular weight excluding hydrogens is 272 g/mol. The van der Waals surface area contributed by atoms with Crippen molar-refractivity contribution in [2.45, 2.75) is 19.4 Å². The molecule has 0 aliphatic carbocycles. The van der Waals surface area contributed by atoms with E-state index in [1.165, 1.54) is 0 Å². The average molecular weight is 292 g/mol. The Bertz CT molecular complexity index is 512. The van der Waals surface area contributed by atoms with Crippen molar-refractivity contribution < 1.29 is 19.1 Å². The maximum absolute atomic E-state index is 12.1. The maximum atomic E-state index is 12.1. The number of para-hydroxylation sites is 1. The van der Waals surface area contributed by atoms with Crippen molar-refractivity contribution in [1.29, 1.82) is 0 Å². The molecule has 1 fully saturated rings. The first-order valence-electron chi connectivity index (χ1n) is 6.97. The lowest BCUT2D eigenvalue weighted by atomic mass is 10.1. The van der Waals surface area contributed by atoms with Gasteiger partial charge in [-0.2, -0.15) is 0 Å². The van der Waals surface area contributed by atoms with Gasteiger partial charge in [-0.3, -0.25) is 9.59 Å². The summed E-state index contributed by atoms with van der Waals surface area (Å²) < 4.78 is 10.4. The van der Waals surface area contributed by atoms with Crippen molar-refractivity contribution in [3.8, 4) is 0 Å². The Hall–Kier alpha value is -2.08. The summed E-state index contributed by atoms with van der Waals surface area (Å²) in [7, 11) is 0. The zero-order valence-corrected chi connectivity index (χ0v) is 12.1. The molecule has 1 heterocycles. The van der Waals surface area contributed by atoms with E-state index in [0.717, 1.165) is 0 Å². The molecule has 0 saturated carbocycles. The number of hydrogen-bond donors (Lipinski definition) is 1. The lowest BCUT2D eigenvalue weighted by Gasteiger charge is -2.29. The molecule has 0 bridgehead atoms. The summed E-state index contributed by atoms with van der Waals surface area (Å²) >= 11 is 0. The van der Waals surface area contributed by atoms with Crippen molar-refractivity contribution in [2.75, 3.05) is 32.0 Å². The predicted molar refractivity (Wildman–Crippen MR) is 77.5 cm³/mol. The smallest absolute Gasteiger partial charge is 0.311 e. The first-order chi connectivity index (χ1) is 10.1. The molecule has 0 spiro atoms. The van der Waals surface area contributed by atoms with Gasteiger partial charge < -0.3 is 20.1 Å². The molecule has 1 aromatic rings. The van der Waals surface area contributed by atoms with Crippen LogP contribution in [-0.2, 0) is 25.5 Å². The normalized spacial score (nSPS) is 16.3. The third-order valence-electron chi connectivity index (χ3n) is 3.37. The molecule has 1 unspecified atom stereocenters. The van der Waals surface area contributed by atoms with Crippen LogP contribution in [0.1, 0.15) is 12.5 Å². The minimum absolute atomic E-state index is 0.0629. The van der Waals surface area contributed by atoms with Gasteiger partial charge in [0.25, 0.3) is 5.91 Å². The van der Waals surface area contributed by atoms with Gasteiger partial charge in [0.15, 0.2) is 6.10 Å². The second kappa shape index (κ2) is 7.08. The number of ether oxygens (including phenoxy) is 2. The molecule has 6 heteroatoms. The Balaban J connectivity index is 1.87. The SMILES string of the molecule is CC(OC(=O)Cc1ccccc1N)C(=O)N1CCOCC1. The van der Waals surface area contributed by atoms with Crippen LogP contribution in [0.25, 0.3) is 0 Å². The van der Waals surface area contributed by atoms with Gasteiger partial charge in [-0.15, -0.1) is 0 Å². The Kier molecular flexibility index (Phi) is 5.16. The molecule has 0 radical (unpaired) electrons. The molecule has 1 aromatic carbocycles. The van der Waals surface area contributed by atoms with E-state index in [0.29, 0.717) is 37.6 Å². The highest BCUT2D eigenvalue weighted by atomic mass is 16.5. The first-order valence-corrected chi connectivity index (χ1v) is 6.97. The van der Waals surface area contributed by atoms with E-state index in [4.69, 9.17) is 15.2 Å². The Morgan fingerprint density at radius 1 is 1.33 bits per heavy atom. The fourth-order valence-corrected chi connectivity index (χ4v) is 2.18. The Morgan fingerprint density at radius 3 is 2.67 bits per heavy atom. The number of carbonyl (C=O) groups is 2. The highest BCUT2D eigenvalue weighted by molar-refractivity contribution is 5.84. The second-order valence-corrected chi connectivity index (χ2v) is 4.95. The van der Waals surface area contributed by atoms with Gasteiger partial charge in [-0.1, -0.05) is 18.2 Å². The largest absolute Gasteiger partial charge is 0.452 e. The van der Waals surface area contributed by atoms with Gasteiger partial charge in [0.05, 0.1) is 19.6 Å². The number of carbonyl (C=O) groups excluding carboxylic acids is 2. The predicted octanol–water partition coefficient (Wildman–Crippen LogP) is 0.602. The molecule has 1 atom stereocenters. The number of morpholine rings is 1. The number of anilines is 1. The highest BCUT2D eigenvalue weighted by Gasteiger charge is 2.25. The van der Waals surface area contributed by atoms with Crippen LogP contribution in [0.5, 0.6) is 0 Å². The van der Waals surface area contributed by atoms with Crippen LogP contribution in [0.2, 0.25) is 0 Å². The van der Waals surface area contributed by atoms with Crippen molar-refractivity contribution in [3.05, 3.63) is 29.8 Å². The molecule has 6 nitrogen and oxygen atoms in total. The average Bonchev–Trinajstić information content (AvgIpc) is 2.49. The number of esters is 1. The van der Waals surface area contributed by atoms with Gasteiger partial charge >= 0.3 is 5.97 Å². The minimum Gasteiger partial charge on any atom is -0.452 e. The number of amides is 1. The Morgan fingerprint density at radius 2 is 2.00 bits per heavy atom. The van der Waals surface area contributed by atoms with Gasteiger partial charge in [-0.05, 0) is 18.6 Å². The van der Waals surface area contributed by atoms with Gasteiger partial charge in [0.2, 0.25) is 0 Å².